The number of thiazole rings is 1. The number of rotatable bonds is 3. The Balaban J connectivity index is 1.63. The van der Waals surface area contributed by atoms with Gasteiger partial charge in [0.2, 0.25) is 5.89 Å². The van der Waals surface area contributed by atoms with Crippen molar-refractivity contribution in [2.24, 2.45) is 0 Å². The summed E-state index contributed by atoms with van der Waals surface area (Å²) in [5.41, 5.74) is 0.672. The van der Waals surface area contributed by atoms with Crippen LogP contribution in [-0.2, 0) is 11.3 Å². The first-order valence-corrected chi connectivity index (χ1v) is 8.16. The number of ether oxygens (including phenoxy) is 1. The van der Waals surface area contributed by atoms with Gasteiger partial charge in [-0.2, -0.15) is 4.98 Å². The summed E-state index contributed by atoms with van der Waals surface area (Å²) in [5.74, 6) is 1.14. The van der Waals surface area contributed by atoms with Gasteiger partial charge in [-0.1, -0.05) is 5.16 Å². The fourth-order valence-electron chi connectivity index (χ4n) is 2.68. The van der Waals surface area contributed by atoms with E-state index < -0.39 is 0 Å². The summed E-state index contributed by atoms with van der Waals surface area (Å²) in [5, 5.41) is 5.70. The molecule has 4 heterocycles. The molecule has 0 bridgehead atoms. The second-order valence-corrected chi connectivity index (χ2v) is 6.26. The molecule has 3 aromatic heterocycles. The lowest BCUT2D eigenvalue weighted by atomic mass is 10.2. The van der Waals surface area contributed by atoms with Gasteiger partial charge in [-0.3, -0.25) is 14.1 Å². The van der Waals surface area contributed by atoms with Crippen molar-refractivity contribution in [1.82, 2.24) is 24.4 Å². The van der Waals surface area contributed by atoms with Crippen LogP contribution in [0.15, 0.2) is 27.0 Å². The first-order valence-electron chi connectivity index (χ1n) is 7.28. The van der Waals surface area contributed by atoms with Crippen molar-refractivity contribution in [3.05, 3.63) is 45.4 Å². The molecule has 1 aliphatic rings. The lowest BCUT2D eigenvalue weighted by molar-refractivity contribution is -0.0246. The van der Waals surface area contributed by atoms with Crippen LogP contribution >= 0.6 is 11.3 Å². The van der Waals surface area contributed by atoms with Crippen LogP contribution in [0.4, 0.5) is 0 Å². The summed E-state index contributed by atoms with van der Waals surface area (Å²) < 4.78 is 12.4. The Morgan fingerprint density at radius 2 is 2.35 bits per heavy atom. The molecule has 23 heavy (non-hydrogen) atoms. The summed E-state index contributed by atoms with van der Waals surface area (Å²) in [6.45, 7) is 4.16. The molecule has 1 saturated heterocycles. The van der Waals surface area contributed by atoms with Crippen LogP contribution in [-0.4, -0.2) is 44.2 Å². The Bertz CT molecular complexity index is 886. The summed E-state index contributed by atoms with van der Waals surface area (Å²) >= 11 is 1.45. The van der Waals surface area contributed by atoms with Crippen LogP contribution in [0.2, 0.25) is 0 Å². The molecule has 4 rings (SSSR count). The standard InChI is InChI=1S/C14H15N5O3S/c1-9-15-13(22-17-9)11-8-21-4-2-18(11)7-10-6-12(20)19-3-5-23-14(19)16-10/h3,5-6,11H,2,4,7-8H2,1H3/t11-/m1/s1. The van der Waals surface area contributed by atoms with Crippen LogP contribution in [0.3, 0.4) is 0 Å². The van der Waals surface area contributed by atoms with Crippen LogP contribution in [0.25, 0.3) is 4.96 Å². The van der Waals surface area contributed by atoms with Gasteiger partial charge in [0.15, 0.2) is 10.8 Å². The van der Waals surface area contributed by atoms with E-state index in [4.69, 9.17) is 9.26 Å². The SMILES string of the molecule is Cc1noc([C@H]2COCCN2Cc2cc(=O)n3ccsc3n2)n1. The molecule has 8 nitrogen and oxygen atoms in total. The van der Waals surface area contributed by atoms with Gasteiger partial charge in [-0.05, 0) is 6.92 Å². The Labute approximate surface area is 135 Å². The first kappa shape index (κ1) is 14.5. The van der Waals surface area contributed by atoms with Crippen molar-refractivity contribution in [2.75, 3.05) is 19.8 Å². The van der Waals surface area contributed by atoms with Gasteiger partial charge in [0, 0.05) is 30.7 Å². The van der Waals surface area contributed by atoms with Gasteiger partial charge in [-0.25, -0.2) is 4.98 Å². The molecule has 0 saturated carbocycles. The van der Waals surface area contributed by atoms with E-state index in [1.165, 1.54) is 11.3 Å². The fraction of sp³-hybridized carbons (Fsp3) is 0.429. The maximum absolute atomic E-state index is 12.1. The molecular formula is C14H15N5O3S. The van der Waals surface area contributed by atoms with E-state index in [9.17, 15) is 4.79 Å². The molecule has 120 valence electrons. The molecular weight excluding hydrogens is 318 g/mol. The average Bonchev–Trinajstić information content (AvgIpc) is 3.17. The normalized spacial score (nSPS) is 19.4. The minimum atomic E-state index is -0.117. The highest BCUT2D eigenvalue weighted by Gasteiger charge is 2.29. The molecule has 0 aromatic carbocycles. The molecule has 1 fully saturated rings. The van der Waals surface area contributed by atoms with Crippen molar-refractivity contribution in [3.63, 3.8) is 0 Å². The molecule has 3 aromatic rings. The number of morpholine rings is 1. The monoisotopic (exact) mass is 333 g/mol. The van der Waals surface area contributed by atoms with Gasteiger partial charge in [0.1, 0.15) is 6.04 Å². The average molecular weight is 333 g/mol. The second kappa shape index (κ2) is 5.84. The van der Waals surface area contributed by atoms with Crippen LogP contribution in [0.1, 0.15) is 23.5 Å². The minimum absolute atomic E-state index is 0.0651. The number of hydrogen-bond donors (Lipinski definition) is 0. The topological polar surface area (TPSA) is 85.8 Å². The number of hydrogen-bond acceptors (Lipinski definition) is 8. The van der Waals surface area contributed by atoms with Crippen molar-refractivity contribution in [2.45, 2.75) is 19.5 Å². The zero-order valence-electron chi connectivity index (χ0n) is 12.5. The van der Waals surface area contributed by atoms with Crippen LogP contribution < -0.4 is 5.56 Å². The minimum Gasteiger partial charge on any atom is -0.378 e. The summed E-state index contributed by atoms with van der Waals surface area (Å²) in [4.78, 5) is 23.8. The van der Waals surface area contributed by atoms with Crippen molar-refractivity contribution in [1.29, 1.82) is 0 Å². The van der Waals surface area contributed by atoms with E-state index in [1.54, 1.807) is 23.6 Å². The predicted octanol–water partition coefficient (Wildman–Crippen LogP) is 1.02. The van der Waals surface area contributed by atoms with E-state index in [0.29, 0.717) is 36.4 Å². The molecule has 0 unspecified atom stereocenters. The Kier molecular flexibility index (Phi) is 3.68. The maximum atomic E-state index is 12.1. The highest BCUT2D eigenvalue weighted by atomic mass is 32.1. The van der Waals surface area contributed by atoms with E-state index in [0.717, 1.165) is 12.2 Å². The van der Waals surface area contributed by atoms with Gasteiger partial charge in [0.05, 0.1) is 18.9 Å². The Hall–Kier alpha value is -2.10. The van der Waals surface area contributed by atoms with E-state index in [-0.39, 0.29) is 11.6 Å². The van der Waals surface area contributed by atoms with Crippen LogP contribution in [0.5, 0.6) is 0 Å². The third kappa shape index (κ3) is 2.78. The van der Waals surface area contributed by atoms with Crippen molar-refractivity contribution < 1.29 is 9.26 Å². The molecule has 9 heteroatoms. The number of aromatic nitrogens is 4. The highest BCUT2D eigenvalue weighted by Crippen LogP contribution is 2.24. The zero-order valence-corrected chi connectivity index (χ0v) is 13.3. The lowest BCUT2D eigenvalue weighted by Gasteiger charge is -2.32. The first-order chi connectivity index (χ1) is 11.2. The molecule has 0 spiro atoms. The van der Waals surface area contributed by atoms with E-state index in [1.807, 2.05) is 5.38 Å². The predicted molar refractivity (Wildman–Crippen MR) is 82.3 cm³/mol. The quantitative estimate of drug-likeness (QED) is 0.707. The summed E-state index contributed by atoms with van der Waals surface area (Å²) in [6.07, 6.45) is 1.73. The third-order valence-corrected chi connectivity index (χ3v) is 4.55. The second-order valence-electron chi connectivity index (χ2n) is 5.38. The van der Waals surface area contributed by atoms with Crippen molar-refractivity contribution in [3.8, 4) is 0 Å². The Morgan fingerprint density at radius 3 is 3.17 bits per heavy atom. The van der Waals surface area contributed by atoms with Gasteiger partial charge in [-0.15, -0.1) is 11.3 Å². The number of nitrogens with zero attached hydrogens (tertiary/aromatic N) is 5. The largest absolute Gasteiger partial charge is 0.378 e. The number of aryl methyl sites for hydroxylation is 1. The van der Waals surface area contributed by atoms with E-state index in [2.05, 4.69) is 20.0 Å². The maximum Gasteiger partial charge on any atom is 0.258 e. The summed E-state index contributed by atoms with van der Waals surface area (Å²) in [7, 11) is 0. The van der Waals surface area contributed by atoms with Gasteiger partial charge >= 0.3 is 0 Å². The Morgan fingerprint density at radius 1 is 1.43 bits per heavy atom. The molecule has 0 aliphatic carbocycles. The smallest absolute Gasteiger partial charge is 0.258 e. The third-order valence-electron chi connectivity index (χ3n) is 3.79. The molecule has 0 N–H and O–H groups in total. The molecule has 0 radical (unpaired) electrons. The fourth-order valence-corrected chi connectivity index (χ4v) is 3.42. The van der Waals surface area contributed by atoms with Gasteiger partial charge in [0.25, 0.3) is 5.56 Å². The summed E-state index contributed by atoms with van der Waals surface area (Å²) in [6, 6.07) is 1.46. The number of fused-ring (bicyclic) bond motifs is 1. The zero-order chi connectivity index (χ0) is 15.8. The highest BCUT2D eigenvalue weighted by molar-refractivity contribution is 7.15. The molecule has 1 atom stereocenters. The molecule has 0 amide bonds. The van der Waals surface area contributed by atoms with Crippen LogP contribution in [0, 0.1) is 6.92 Å². The lowest BCUT2D eigenvalue weighted by Crippen LogP contribution is -2.39. The van der Waals surface area contributed by atoms with Crippen molar-refractivity contribution >= 4 is 16.3 Å². The molecule has 1 aliphatic heterocycles. The van der Waals surface area contributed by atoms with Gasteiger partial charge < -0.3 is 9.26 Å². The van der Waals surface area contributed by atoms with E-state index >= 15 is 0 Å².